The van der Waals surface area contributed by atoms with Crippen molar-refractivity contribution in [3.63, 3.8) is 0 Å². The third-order valence-electron chi connectivity index (χ3n) is 1.66. The lowest BCUT2D eigenvalue weighted by Gasteiger charge is -2.09. The highest BCUT2D eigenvalue weighted by Gasteiger charge is 2.08. The molecule has 0 spiro atoms. The first-order chi connectivity index (χ1) is 7.19. The van der Waals surface area contributed by atoms with Crippen molar-refractivity contribution in [2.75, 3.05) is 13.9 Å². The van der Waals surface area contributed by atoms with Gasteiger partial charge in [0.25, 0.3) is 0 Å². The minimum atomic E-state index is -0.0117. The summed E-state index contributed by atoms with van der Waals surface area (Å²) in [5, 5.41) is 11.5. The number of hydrogen-bond donors (Lipinski definition) is 2. The van der Waals surface area contributed by atoms with Crippen LogP contribution in [0.2, 0.25) is 0 Å². The second-order valence-electron chi connectivity index (χ2n) is 2.68. The Hall–Kier alpha value is -1.27. The molecule has 5 nitrogen and oxygen atoms in total. The average Bonchev–Trinajstić information content (AvgIpc) is 2.26. The first-order valence-electron chi connectivity index (χ1n) is 4.08. The van der Waals surface area contributed by atoms with Gasteiger partial charge < -0.3 is 20.4 Å². The van der Waals surface area contributed by atoms with Gasteiger partial charge in [-0.1, -0.05) is 21.1 Å². The lowest BCUT2D eigenvalue weighted by atomic mass is 10.2. The number of benzene rings is 1. The predicted molar refractivity (Wildman–Crippen MR) is 59.2 cm³/mol. The predicted octanol–water partition coefficient (Wildman–Crippen LogP) is 1.53. The van der Waals surface area contributed by atoms with Crippen molar-refractivity contribution in [1.82, 2.24) is 0 Å². The van der Waals surface area contributed by atoms with Crippen molar-refractivity contribution in [2.45, 2.75) is 0 Å². The summed E-state index contributed by atoms with van der Waals surface area (Å²) in [6.07, 6.45) is 0. The molecular weight excluding hydrogens is 264 g/mol. The van der Waals surface area contributed by atoms with Gasteiger partial charge in [0.1, 0.15) is 5.75 Å². The van der Waals surface area contributed by atoms with Gasteiger partial charge in [-0.3, -0.25) is 0 Å². The van der Waals surface area contributed by atoms with Gasteiger partial charge >= 0.3 is 0 Å². The number of nitrogens with two attached hydrogens (primary N) is 1. The fraction of sp³-hybridized carbons (Fsp3) is 0.222. The van der Waals surface area contributed by atoms with Crippen LogP contribution in [0.25, 0.3) is 0 Å². The topological polar surface area (TPSA) is 77.1 Å². The van der Waals surface area contributed by atoms with E-state index in [0.717, 1.165) is 4.47 Å². The molecule has 0 amide bonds. The number of amidine groups is 1. The van der Waals surface area contributed by atoms with Crippen molar-refractivity contribution in [3.8, 4) is 5.75 Å². The lowest BCUT2D eigenvalue weighted by molar-refractivity contribution is 0.0509. The summed E-state index contributed by atoms with van der Waals surface area (Å²) in [4.78, 5) is 0. The third-order valence-corrected chi connectivity index (χ3v) is 2.15. The van der Waals surface area contributed by atoms with Crippen LogP contribution in [-0.2, 0) is 4.74 Å². The van der Waals surface area contributed by atoms with Gasteiger partial charge in [0.05, 0.1) is 5.56 Å². The summed E-state index contributed by atoms with van der Waals surface area (Å²) in [5.74, 6) is 0.484. The molecule has 6 heteroatoms. The Morgan fingerprint density at radius 2 is 2.33 bits per heavy atom. The molecule has 0 radical (unpaired) electrons. The maximum absolute atomic E-state index is 8.59. The molecule has 0 aliphatic carbocycles. The molecule has 1 rings (SSSR count). The Morgan fingerprint density at radius 3 is 2.93 bits per heavy atom. The Labute approximate surface area is 95.6 Å². The van der Waals surface area contributed by atoms with Gasteiger partial charge in [-0.15, -0.1) is 0 Å². The quantitative estimate of drug-likeness (QED) is 0.287. The monoisotopic (exact) mass is 274 g/mol. The van der Waals surface area contributed by atoms with E-state index in [0.29, 0.717) is 11.3 Å². The molecule has 0 fully saturated rings. The maximum atomic E-state index is 8.59. The van der Waals surface area contributed by atoms with Crippen molar-refractivity contribution >= 4 is 21.8 Å². The smallest absolute Gasteiger partial charge is 0.188 e. The summed E-state index contributed by atoms with van der Waals surface area (Å²) in [6.45, 7) is 0.105. The molecule has 0 saturated heterocycles. The first-order valence-corrected chi connectivity index (χ1v) is 4.87. The van der Waals surface area contributed by atoms with Gasteiger partial charge in [-0.25, -0.2) is 0 Å². The molecule has 82 valence electrons. The second-order valence-corrected chi connectivity index (χ2v) is 3.59. The van der Waals surface area contributed by atoms with Crippen molar-refractivity contribution in [1.29, 1.82) is 0 Å². The van der Waals surface area contributed by atoms with Crippen molar-refractivity contribution in [2.24, 2.45) is 10.9 Å². The molecule has 0 atom stereocenters. The van der Waals surface area contributed by atoms with Crippen LogP contribution in [-0.4, -0.2) is 24.9 Å². The highest BCUT2D eigenvalue weighted by Crippen LogP contribution is 2.23. The largest absolute Gasteiger partial charge is 0.467 e. The fourth-order valence-corrected chi connectivity index (χ4v) is 1.37. The third kappa shape index (κ3) is 3.10. The number of ether oxygens (including phenoxy) is 2. The molecule has 0 aliphatic heterocycles. The standard InChI is InChI=1S/C9H11BrN2O3/c1-14-5-15-8-3-2-6(10)4-7(8)9(11)12-13/h2-4,13H,5H2,1H3,(H2,11,12). The van der Waals surface area contributed by atoms with Gasteiger partial charge in [0.2, 0.25) is 0 Å². The zero-order valence-electron chi connectivity index (χ0n) is 8.11. The lowest BCUT2D eigenvalue weighted by Crippen LogP contribution is -2.15. The molecule has 1 aromatic rings. The van der Waals surface area contributed by atoms with E-state index in [4.69, 9.17) is 20.4 Å². The number of oxime groups is 1. The molecule has 0 aliphatic rings. The first kappa shape index (κ1) is 11.8. The summed E-state index contributed by atoms with van der Waals surface area (Å²) in [7, 11) is 1.52. The molecule has 0 saturated carbocycles. The summed E-state index contributed by atoms with van der Waals surface area (Å²) < 4.78 is 10.8. The highest BCUT2D eigenvalue weighted by atomic mass is 79.9. The zero-order chi connectivity index (χ0) is 11.3. The van der Waals surface area contributed by atoms with Crippen LogP contribution >= 0.6 is 15.9 Å². The fourth-order valence-electron chi connectivity index (χ4n) is 1.00. The number of rotatable bonds is 4. The van der Waals surface area contributed by atoms with Crippen LogP contribution in [0.4, 0.5) is 0 Å². The van der Waals surface area contributed by atoms with E-state index in [1.54, 1.807) is 18.2 Å². The van der Waals surface area contributed by atoms with Crippen LogP contribution in [0, 0.1) is 0 Å². The van der Waals surface area contributed by atoms with Crippen LogP contribution in [0.15, 0.2) is 27.8 Å². The normalized spacial score (nSPS) is 11.5. The summed E-state index contributed by atoms with van der Waals surface area (Å²) in [6, 6.07) is 5.19. The van der Waals surface area contributed by atoms with E-state index < -0.39 is 0 Å². The van der Waals surface area contributed by atoms with E-state index in [1.807, 2.05) is 0 Å². The maximum Gasteiger partial charge on any atom is 0.188 e. The second kappa shape index (κ2) is 5.57. The molecule has 15 heavy (non-hydrogen) atoms. The van der Waals surface area contributed by atoms with Crippen molar-refractivity contribution < 1.29 is 14.7 Å². The molecule has 0 aromatic heterocycles. The van der Waals surface area contributed by atoms with E-state index in [-0.39, 0.29) is 12.6 Å². The van der Waals surface area contributed by atoms with Gasteiger partial charge in [-0.05, 0) is 18.2 Å². The number of halogens is 1. The SMILES string of the molecule is COCOc1ccc(Br)cc1/C(N)=N/O. The van der Waals surface area contributed by atoms with E-state index in [2.05, 4.69) is 21.1 Å². The zero-order valence-corrected chi connectivity index (χ0v) is 9.69. The van der Waals surface area contributed by atoms with Gasteiger partial charge in [0, 0.05) is 11.6 Å². The van der Waals surface area contributed by atoms with Crippen LogP contribution in [0.3, 0.4) is 0 Å². The van der Waals surface area contributed by atoms with E-state index >= 15 is 0 Å². The Balaban J connectivity index is 3.03. The van der Waals surface area contributed by atoms with Crippen molar-refractivity contribution in [3.05, 3.63) is 28.2 Å². The molecule has 0 unspecified atom stereocenters. The summed E-state index contributed by atoms with van der Waals surface area (Å²) in [5.41, 5.74) is 6.00. The highest BCUT2D eigenvalue weighted by molar-refractivity contribution is 9.10. The Kier molecular flexibility index (Phi) is 4.38. The molecule has 0 bridgehead atoms. The minimum absolute atomic E-state index is 0.0117. The molecular formula is C9H11BrN2O3. The van der Waals surface area contributed by atoms with E-state index in [1.165, 1.54) is 7.11 Å². The van der Waals surface area contributed by atoms with Crippen LogP contribution in [0.1, 0.15) is 5.56 Å². The van der Waals surface area contributed by atoms with Crippen LogP contribution < -0.4 is 10.5 Å². The van der Waals surface area contributed by atoms with Gasteiger partial charge in [0.15, 0.2) is 12.6 Å². The Bertz CT molecular complexity index is 368. The average molecular weight is 275 g/mol. The van der Waals surface area contributed by atoms with E-state index in [9.17, 15) is 0 Å². The molecule has 1 aromatic carbocycles. The number of hydrogen-bond acceptors (Lipinski definition) is 4. The minimum Gasteiger partial charge on any atom is -0.467 e. The summed E-state index contributed by atoms with van der Waals surface area (Å²) >= 11 is 3.28. The molecule has 3 N–H and O–H groups in total. The van der Waals surface area contributed by atoms with Crippen LogP contribution in [0.5, 0.6) is 5.75 Å². The number of methoxy groups -OCH3 is 1. The molecule has 0 heterocycles. The Morgan fingerprint density at radius 1 is 1.60 bits per heavy atom. The number of nitrogens with zero attached hydrogens (tertiary/aromatic N) is 1. The van der Waals surface area contributed by atoms with Gasteiger partial charge in [-0.2, -0.15) is 0 Å².